The first-order valence-electron chi connectivity index (χ1n) is 7.52. The number of likely N-dealkylation sites (N-methyl/N-ethyl adjacent to an activating group) is 1. The van der Waals surface area contributed by atoms with Crippen LogP contribution in [0.1, 0.15) is 25.3 Å². The van der Waals surface area contributed by atoms with E-state index < -0.39 is 5.41 Å². The highest BCUT2D eigenvalue weighted by Crippen LogP contribution is 2.35. The minimum atomic E-state index is -0.599. The molecule has 21 heavy (non-hydrogen) atoms. The molecule has 116 valence electrons. The smallest absolute Gasteiger partial charge is 0.230 e. The highest BCUT2D eigenvalue weighted by molar-refractivity contribution is 5.88. The maximum Gasteiger partial charge on any atom is 0.230 e. The third-order valence-corrected chi connectivity index (χ3v) is 4.02. The summed E-state index contributed by atoms with van der Waals surface area (Å²) in [6.45, 7) is 5.36. The minimum Gasteiger partial charge on any atom is -0.381 e. The molecule has 5 heteroatoms. The third-order valence-electron chi connectivity index (χ3n) is 4.02. The van der Waals surface area contributed by atoms with E-state index in [-0.39, 0.29) is 11.7 Å². The summed E-state index contributed by atoms with van der Waals surface area (Å²) in [5, 5.41) is 6.17. The van der Waals surface area contributed by atoms with Gasteiger partial charge in [0.2, 0.25) is 5.91 Å². The SMILES string of the molecule is CCNCCNC(=O)C1(c2ccc(F)cc2)CCOCC1. The Balaban J connectivity index is 2.12. The van der Waals surface area contributed by atoms with E-state index in [4.69, 9.17) is 4.74 Å². The fourth-order valence-corrected chi connectivity index (χ4v) is 2.75. The van der Waals surface area contributed by atoms with Crippen LogP contribution < -0.4 is 10.6 Å². The summed E-state index contributed by atoms with van der Waals surface area (Å²) >= 11 is 0. The first kappa shape index (κ1) is 15.9. The number of halogens is 1. The van der Waals surface area contributed by atoms with E-state index in [0.717, 1.165) is 18.7 Å². The molecule has 0 aromatic heterocycles. The number of hydrogen-bond donors (Lipinski definition) is 2. The summed E-state index contributed by atoms with van der Waals surface area (Å²) in [6.07, 6.45) is 1.26. The molecule has 1 aromatic rings. The van der Waals surface area contributed by atoms with Gasteiger partial charge in [0.25, 0.3) is 0 Å². The van der Waals surface area contributed by atoms with Gasteiger partial charge in [-0.05, 0) is 37.1 Å². The quantitative estimate of drug-likeness (QED) is 0.784. The third kappa shape index (κ3) is 3.80. The van der Waals surface area contributed by atoms with Crippen LogP contribution in [0, 0.1) is 5.82 Å². The Hall–Kier alpha value is -1.46. The first-order chi connectivity index (χ1) is 10.2. The summed E-state index contributed by atoms with van der Waals surface area (Å²) in [5.74, 6) is -0.274. The molecule has 1 fully saturated rings. The second-order valence-corrected chi connectivity index (χ2v) is 5.31. The van der Waals surface area contributed by atoms with Crippen molar-refractivity contribution in [3.8, 4) is 0 Å². The van der Waals surface area contributed by atoms with Gasteiger partial charge in [-0.15, -0.1) is 0 Å². The van der Waals surface area contributed by atoms with E-state index in [1.54, 1.807) is 12.1 Å². The van der Waals surface area contributed by atoms with Crippen LogP contribution in [-0.2, 0) is 14.9 Å². The summed E-state index contributed by atoms with van der Waals surface area (Å²) in [6, 6.07) is 6.26. The molecule has 1 aromatic carbocycles. The van der Waals surface area contributed by atoms with Crippen LogP contribution in [0.5, 0.6) is 0 Å². The molecule has 0 aliphatic carbocycles. The lowest BCUT2D eigenvalue weighted by atomic mass is 9.73. The molecule has 0 bridgehead atoms. The summed E-state index contributed by atoms with van der Waals surface area (Å²) in [7, 11) is 0. The fourth-order valence-electron chi connectivity index (χ4n) is 2.75. The van der Waals surface area contributed by atoms with Crippen LogP contribution in [0.15, 0.2) is 24.3 Å². The highest BCUT2D eigenvalue weighted by atomic mass is 19.1. The van der Waals surface area contributed by atoms with Crippen molar-refractivity contribution in [1.82, 2.24) is 10.6 Å². The molecule has 0 saturated carbocycles. The van der Waals surface area contributed by atoms with Crippen molar-refractivity contribution >= 4 is 5.91 Å². The van der Waals surface area contributed by atoms with Crippen LogP contribution in [0.2, 0.25) is 0 Å². The van der Waals surface area contributed by atoms with Gasteiger partial charge in [0, 0.05) is 26.3 Å². The van der Waals surface area contributed by atoms with Gasteiger partial charge in [-0.25, -0.2) is 4.39 Å². The van der Waals surface area contributed by atoms with Gasteiger partial charge in [0.15, 0.2) is 0 Å². The highest BCUT2D eigenvalue weighted by Gasteiger charge is 2.41. The number of rotatable bonds is 6. The zero-order valence-electron chi connectivity index (χ0n) is 12.5. The van der Waals surface area contributed by atoms with Gasteiger partial charge in [-0.3, -0.25) is 4.79 Å². The van der Waals surface area contributed by atoms with E-state index in [1.807, 2.05) is 6.92 Å². The van der Waals surface area contributed by atoms with Gasteiger partial charge in [-0.2, -0.15) is 0 Å². The van der Waals surface area contributed by atoms with Crippen molar-refractivity contribution in [2.45, 2.75) is 25.2 Å². The Morgan fingerprint density at radius 2 is 1.90 bits per heavy atom. The predicted molar refractivity (Wildman–Crippen MR) is 79.7 cm³/mol. The van der Waals surface area contributed by atoms with E-state index in [2.05, 4.69) is 10.6 Å². The summed E-state index contributed by atoms with van der Waals surface area (Å²) < 4.78 is 18.5. The lowest BCUT2D eigenvalue weighted by molar-refractivity contribution is -0.130. The standard InChI is InChI=1S/C16H23FN2O2/c1-2-18-9-10-19-15(20)16(7-11-21-12-8-16)13-3-5-14(17)6-4-13/h3-6,18H,2,7-12H2,1H3,(H,19,20). The number of benzene rings is 1. The van der Waals surface area contributed by atoms with Crippen LogP contribution in [-0.4, -0.2) is 38.8 Å². The Kier molecular flexibility index (Phi) is 5.70. The normalized spacial score (nSPS) is 17.4. The number of carbonyl (C=O) groups excluding carboxylic acids is 1. The zero-order valence-corrected chi connectivity index (χ0v) is 12.5. The van der Waals surface area contributed by atoms with Gasteiger partial charge in [-0.1, -0.05) is 19.1 Å². The van der Waals surface area contributed by atoms with Gasteiger partial charge in [0.1, 0.15) is 5.82 Å². The van der Waals surface area contributed by atoms with Crippen molar-refractivity contribution in [3.63, 3.8) is 0 Å². The molecule has 0 spiro atoms. The monoisotopic (exact) mass is 294 g/mol. The molecule has 1 aliphatic heterocycles. The van der Waals surface area contributed by atoms with Gasteiger partial charge in [0.05, 0.1) is 5.41 Å². The minimum absolute atomic E-state index is 0.00955. The maximum atomic E-state index is 13.1. The summed E-state index contributed by atoms with van der Waals surface area (Å²) in [5.41, 5.74) is 0.270. The fraction of sp³-hybridized carbons (Fsp3) is 0.562. The molecule has 0 unspecified atom stereocenters. The van der Waals surface area contributed by atoms with Crippen molar-refractivity contribution in [1.29, 1.82) is 0 Å². The molecule has 0 radical (unpaired) electrons. The molecule has 2 N–H and O–H groups in total. The number of hydrogen-bond acceptors (Lipinski definition) is 3. The average molecular weight is 294 g/mol. The van der Waals surface area contributed by atoms with E-state index in [1.165, 1.54) is 12.1 Å². The topological polar surface area (TPSA) is 50.4 Å². The van der Waals surface area contributed by atoms with Gasteiger partial charge >= 0.3 is 0 Å². The van der Waals surface area contributed by atoms with Crippen molar-refractivity contribution in [3.05, 3.63) is 35.6 Å². The van der Waals surface area contributed by atoms with Gasteiger partial charge < -0.3 is 15.4 Å². The van der Waals surface area contributed by atoms with Crippen molar-refractivity contribution < 1.29 is 13.9 Å². The number of amides is 1. The lowest BCUT2D eigenvalue weighted by Gasteiger charge is -2.36. The number of ether oxygens (including phenoxy) is 1. The molecule has 2 rings (SSSR count). The van der Waals surface area contributed by atoms with E-state index in [0.29, 0.717) is 32.6 Å². The van der Waals surface area contributed by atoms with Crippen molar-refractivity contribution in [2.75, 3.05) is 32.8 Å². The number of nitrogens with one attached hydrogen (secondary N) is 2. The molecule has 1 saturated heterocycles. The predicted octanol–water partition coefficient (Wildman–Crippen LogP) is 1.60. The molecule has 1 heterocycles. The van der Waals surface area contributed by atoms with E-state index in [9.17, 15) is 9.18 Å². The molecule has 1 amide bonds. The zero-order chi connectivity index (χ0) is 15.1. The Morgan fingerprint density at radius 1 is 1.24 bits per heavy atom. The maximum absolute atomic E-state index is 13.1. The molecule has 1 aliphatic rings. The largest absolute Gasteiger partial charge is 0.381 e. The molecule has 0 atom stereocenters. The molecule has 4 nitrogen and oxygen atoms in total. The summed E-state index contributed by atoms with van der Waals surface area (Å²) in [4.78, 5) is 12.7. The Labute approximate surface area is 125 Å². The van der Waals surface area contributed by atoms with Crippen LogP contribution in [0.3, 0.4) is 0 Å². The first-order valence-corrected chi connectivity index (χ1v) is 7.52. The van der Waals surface area contributed by atoms with Crippen LogP contribution in [0.25, 0.3) is 0 Å². The molecular formula is C16H23FN2O2. The van der Waals surface area contributed by atoms with Crippen LogP contribution in [0.4, 0.5) is 4.39 Å². The van der Waals surface area contributed by atoms with Crippen molar-refractivity contribution in [2.24, 2.45) is 0 Å². The second kappa shape index (κ2) is 7.52. The number of carbonyl (C=O) groups is 1. The average Bonchev–Trinajstić information content (AvgIpc) is 2.52. The molecular weight excluding hydrogens is 271 g/mol. The van der Waals surface area contributed by atoms with E-state index >= 15 is 0 Å². The van der Waals surface area contributed by atoms with Crippen LogP contribution >= 0.6 is 0 Å². The lowest BCUT2D eigenvalue weighted by Crippen LogP contribution is -2.49. The second-order valence-electron chi connectivity index (χ2n) is 5.31. The Bertz CT molecular complexity index is 456. The Morgan fingerprint density at radius 3 is 2.52 bits per heavy atom.